The fourth-order valence-electron chi connectivity index (χ4n) is 1.24. The fraction of sp³-hybridized carbons (Fsp3) is 0.0833. The first kappa shape index (κ1) is 10.1. The van der Waals surface area contributed by atoms with E-state index in [1.807, 2.05) is 36.4 Å². The van der Waals surface area contributed by atoms with Gasteiger partial charge in [-0.05, 0) is 11.6 Å². The van der Waals surface area contributed by atoms with E-state index in [-0.39, 0.29) is 5.88 Å². The highest BCUT2D eigenvalue weighted by Gasteiger charge is 2.04. The lowest BCUT2D eigenvalue weighted by atomic mass is 10.2. The van der Waals surface area contributed by atoms with Crippen LogP contribution >= 0.6 is 0 Å². The molecule has 0 amide bonds. The minimum atomic E-state index is 0.272. The van der Waals surface area contributed by atoms with Gasteiger partial charge >= 0.3 is 0 Å². The SMILES string of the molecule is N#Cc1ccnnc1OCc1ccccc1. The molecule has 78 valence electrons. The van der Waals surface area contributed by atoms with Gasteiger partial charge < -0.3 is 4.74 Å². The van der Waals surface area contributed by atoms with Gasteiger partial charge in [0.25, 0.3) is 5.88 Å². The van der Waals surface area contributed by atoms with Crippen LogP contribution in [0.1, 0.15) is 11.1 Å². The van der Waals surface area contributed by atoms with Crippen molar-refractivity contribution >= 4 is 0 Å². The molecular formula is C12H9N3O. The van der Waals surface area contributed by atoms with Crippen LogP contribution in [0.25, 0.3) is 0 Å². The van der Waals surface area contributed by atoms with Gasteiger partial charge in [0.05, 0.1) is 6.20 Å². The minimum absolute atomic E-state index is 0.272. The Kier molecular flexibility index (Phi) is 3.10. The first-order valence-electron chi connectivity index (χ1n) is 4.78. The molecule has 0 N–H and O–H groups in total. The third-order valence-electron chi connectivity index (χ3n) is 2.03. The van der Waals surface area contributed by atoms with Gasteiger partial charge in [-0.15, -0.1) is 5.10 Å². The Morgan fingerprint density at radius 3 is 2.75 bits per heavy atom. The van der Waals surface area contributed by atoms with E-state index < -0.39 is 0 Å². The second-order valence-corrected chi connectivity index (χ2v) is 3.14. The average Bonchev–Trinajstić information content (AvgIpc) is 2.38. The number of rotatable bonds is 3. The number of hydrogen-bond donors (Lipinski definition) is 0. The number of aromatic nitrogens is 2. The lowest BCUT2D eigenvalue weighted by Crippen LogP contribution is -2.00. The maximum Gasteiger partial charge on any atom is 0.251 e. The normalized spacial score (nSPS) is 9.44. The highest BCUT2D eigenvalue weighted by atomic mass is 16.5. The van der Waals surface area contributed by atoms with E-state index in [0.717, 1.165) is 5.56 Å². The van der Waals surface area contributed by atoms with Crippen molar-refractivity contribution in [1.29, 1.82) is 5.26 Å². The van der Waals surface area contributed by atoms with Gasteiger partial charge in [0, 0.05) is 0 Å². The number of ether oxygens (including phenoxy) is 1. The van der Waals surface area contributed by atoms with Crippen LogP contribution in [0.4, 0.5) is 0 Å². The van der Waals surface area contributed by atoms with Crippen molar-refractivity contribution in [2.45, 2.75) is 6.61 Å². The van der Waals surface area contributed by atoms with Crippen molar-refractivity contribution < 1.29 is 4.74 Å². The van der Waals surface area contributed by atoms with Crippen molar-refractivity contribution in [3.63, 3.8) is 0 Å². The molecule has 2 rings (SSSR count). The molecule has 0 radical (unpaired) electrons. The molecule has 0 unspecified atom stereocenters. The lowest BCUT2D eigenvalue weighted by molar-refractivity contribution is 0.289. The molecule has 0 bridgehead atoms. The molecule has 2 aromatic rings. The van der Waals surface area contributed by atoms with Gasteiger partial charge in [0.15, 0.2) is 0 Å². The third-order valence-corrected chi connectivity index (χ3v) is 2.03. The highest BCUT2D eigenvalue weighted by Crippen LogP contribution is 2.13. The number of benzene rings is 1. The van der Waals surface area contributed by atoms with Crippen molar-refractivity contribution in [2.75, 3.05) is 0 Å². The molecule has 1 aromatic heterocycles. The van der Waals surface area contributed by atoms with Crippen molar-refractivity contribution in [1.82, 2.24) is 10.2 Å². The summed E-state index contributed by atoms with van der Waals surface area (Å²) in [5, 5.41) is 16.3. The van der Waals surface area contributed by atoms with Gasteiger partial charge in [-0.25, -0.2) is 0 Å². The summed E-state index contributed by atoms with van der Waals surface area (Å²) >= 11 is 0. The van der Waals surface area contributed by atoms with Gasteiger partial charge in [0.1, 0.15) is 18.2 Å². The molecule has 1 heterocycles. The summed E-state index contributed by atoms with van der Waals surface area (Å²) in [7, 11) is 0. The van der Waals surface area contributed by atoms with Crippen LogP contribution in [-0.2, 0) is 6.61 Å². The van der Waals surface area contributed by atoms with Crippen LogP contribution in [0.15, 0.2) is 42.6 Å². The number of nitrogens with zero attached hydrogens (tertiary/aromatic N) is 3. The summed E-state index contributed by atoms with van der Waals surface area (Å²) in [6.45, 7) is 0.383. The molecule has 0 atom stereocenters. The Labute approximate surface area is 93.1 Å². The Bertz CT molecular complexity index is 505. The zero-order valence-electron chi connectivity index (χ0n) is 8.50. The largest absolute Gasteiger partial charge is 0.471 e. The van der Waals surface area contributed by atoms with Crippen LogP contribution in [0.5, 0.6) is 5.88 Å². The van der Waals surface area contributed by atoms with Crippen LogP contribution < -0.4 is 4.74 Å². The molecule has 0 aliphatic heterocycles. The average molecular weight is 211 g/mol. The number of nitriles is 1. The second-order valence-electron chi connectivity index (χ2n) is 3.14. The smallest absolute Gasteiger partial charge is 0.251 e. The molecule has 1 aromatic carbocycles. The van der Waals surface area contributed by atoms with E-state index >= 15 is 0 Å². The molecular weight excluding hydrogens is 202 g/mol. The molecule has 16 heavy (non-hydrogen) atoms. The van der Waals surface area contributed by atoms with Gasteiger partial charge in [-0.1, -0.05) is 30.3 Å². The van der Waals surface area contributed by atoms with Gasteiger partial charge in [0.2, 0.25) is 0 Å². The van der Waals surface area contributed by atoms with Crippen molar-refractivity contribution in [3.8, 4) is 11.9 Å². The van der Waals surface area contributed by atoms with E-state index in [9.17, 15) is 0 Å². The van der Waals surface area contributed by atoms with E-state index in [0.29, 0.717) is 12.2 Å². The van der Waals surface area contributed by atoms with Crippen LogP contribution in [-0.4, -0.2) is 10.2 Å². The van der Waals surface area contributed by atoms with Crippen molar-refractivity contribution in [3.05, 3.63) is 53.7 Å². The predicted molar refractivity (Wildman–Crippen MR) is 57.5 cm³/mol. The molecule has 0 aliphatic carbocycles. The van der Waals surface area contributed by atoms with Crippen LogP contribution in [0.3, 0.4) is 0 Å². The Morgan fingerprint density at radius 1 is 1.19 bits per heavy atom. The van der Waals surface area contributed by atoms with E-state index in [1.165, 1.54) is 6.20 Å². The summed E-state index contributed by atoms with van der Waals surface area (Å²) in [5.41, 5.74) is 1.42. The molecule has 0 saturated carbocycles. The van der Waals surface area contributed by atoms with Crippen molar-refractivity contribution in [2.24, 2.45) is 0 Å². The zero-order chi connectivity index (χ0) is 11.2. The molecule has 0 aliphatic rings. The fourth-order valence-corrected chi connectivity index (χ4v) is 1.24. The quantitative estimate of drug-likeness (QED) is 0.778. The summed E-state index contributed by atoms with van der Waals surface area (Å²) in [6, 6.07) is 13.3. The first-order valence-corrected chi connectivity index (χ1v) is 4.78. The van der Waals surface area contributed by atoms with Gasteiger partial charge in [-0.2, -0.15) is 10.4 Å². The summed E-state index contributed by atoms with van der Waals surface area (Å²) in [4.78, 5) is 0. The second kappa shape index (κ2) is 4.89. The minimum Gasteiger partial charge on any atom is -0.471 e. The van der Waals surface area contributed by atoms with Crippen LogP contribution in [0.2, 0.25) is 0 Å². The maximum atomic E-state index is 8.82. The molecule has 4 heteroatoms. The molecule has 0 fully saturated rings. The molecule has 0 spiro atoms. The monoisotopic (exact) mass is 211 g/mol. The Balaban J connectivity index is 2.09. The van der Waals surface area contributed by atoms with E-state index in [4.69, 9.17) is 10.00 Å². The predicted octanol–water partition coefficient (Wildman–Crippen LogP) is 1.93. The molecule has 0 saturated heterocycles. The highest BCUT2D eigenvalue weighted by molar-refractivity contribution is 5.35. The summed E-state index contributed by atoms with van der Waals surface area (Å²) in [6.07, 6.45) is 1.47. The Hall–Kier alpha value is -2.41. The maximum absolute atomic E-state index is 8.82. The zero-order valence-corrected chi connectivity index (χ0v) is 8.50. The standard InChI is InChI=1S/C12H9N3O/c13-8-11-6-7-14-15-12(11)16-9-10-4-2-1-3-5-10/h1-7H,9H2. The first-order chi connectivity index (χ1) is 7.90. The van der Waals surface area contributed by atoms with E-state index in [1.54, 1.807) is 6.07 Å². The Morgan fingerprint density at radius 2 is 2.00 bits per heavy atom. The number of hydrogen-bond acceptors (Lipinski definition) is 4. The summed E-state index contributed by atoms with van der Waals surface area (Å²) in [5.74, 6) is 0.272. The molecule has 4 nitrogen and oxygen atoms in total. The van der Waals surface area contributed by atoms with Crippen LogP contribution in [0, 0.1) is 11.3 Å². The topological polar surface area (TPSA) is 58.8 Å². The van der Waals surface area contributed by atoms with Gasteiger partial charge in [-0.3, -0.25) is 0 Å². The lowest BCUT2D eigenvalue weighted by Gasteiger charge is -2.05. The third kappa shape index (κ3) is 2.34. The summed E-state index contributed by atoms with van der Waals surface area (Å²) < 4.78 is 5.42. The van der Waals surface area contributed by atoms with E-state index in [2.05, 4.69) is 10.2 Å².